The van der Waals surface area contributed by atoms with Crippen molar-refractivity contribution in [3.8, 4) is 0 Å². The van der Waals surface area contributed by atoms with Gasteiger partial charge in [-0.2, -0.15) is 0 Å². The summed E-state index contributed by atoms with van der Waals surface area (Å²) in [6.45, 7) is 0. The lowest BCUT2D eigenvalue weighted by Gasteiger charge is -2.03. The number of carbonyl (C=O) groups is 1. The van der Waals surface area contributed by atoms with Crippen LogP contribution in [0.1, 0.15) is 16.1 Å². The third-order valence-corrected chi connectivity index (χ3v) is 4.30. The minimum absolute atomic E-state index is 0.0774. The number of hydrogen-bond donors (Lipinski definition) is 1. The van der Waals surface area contributed by atoms with Gasteiger partial charge in [0.2, 0.25) is 5.76 Å². The molecule has 19 heavy (non-hydrogen) atoms. The van der Waals surface area contributed by atoms with Crippen molar-refractivity contribution in [2.24, 2.45) is 0 Å². The van der Waals surface area contributed by atoms with Gasteiger partial charge < -0.3 is 9.52 Å². The third kappa shape index (κ3) is 3.30. The first-order valence-electron chi connectivity index (χ1n) is 5.13. The molecule has 0 aliphatic rings. The molecule has 1 aromatic carbocycles. The van der Waals surface area contributed by atoms with E-state index in [0.29, 0.717) is 10.0 Å². The van der Waals surface area contributed by atoms with Crippen LogP contribution in [0.25, 0.3) is 0 Å². The highest BCUT2D eigenvalue weighted by atomic mass is 79.9. The van der Waals surface area contributed by atoms with Gasteiger partial charge in [-0.3, -0.25) is 4.21 Å². The van der Waals surface area contributed by atoms with Gasteiger partial charge in [0.05, 0.1) is 16.6 Å². The highest BCUT2D eigenvalue weighted by molar-refractivity contribution is 9.10. The van der Waals surface area contributed by atoms with Crippen LogP contribution < -0.4 is 0 Å². The Labute approximate surface area is 118 Å². The minimum Gasteiger partial charge on any atom is -0.475 e. The fourth-order valence-corrected chi connectivity index (χ4v) is 3.16. The molecule has 1 atom stereocenters. The lowest BCUT2D eigenvalue weighted by molar-refractivity contribution is 0.0656. The summed E-state index contributed by atoms with van der Waals surface area (Å²) in [6.07, 6.45) is 0. The molecule has 0 aliphatic heterocycles. The summed E-state index contributed by atoms with van der Waals surface area (Å²) in [5.74, 6) is -1.77. The summed E-state index contributed by atoms with van der Waals surface area (Å²) in [6, 6.07) is 6.66. The number of halogens is 2. The molecular formula is C12H8BrFO4S. The van der Waals surface area contributed by atoms with Gasteiger partial charge in [-0.15, -0.1) is 0 Å². The minimum atomic E-state index is -1.53. The van der Waals surface area contributed by atoms with E-state index in [9.17, 15) is 13.4 Å². The monoisotopic (exact) mass is 346 g/mol. The smallest absolute Gasteiger partial charge is 0.371 e. The Bertz CT molecular complexity index is 653. The Morgan fingerprint density at radius 2 is 2.11 bits per heavy atom. The highest BCUT2D eigenvalue weighted by Crippen LogP contribution is 2.22. The molecule has 0 spiro atoms. The van der Waals surface area contributed by atoms with Crippen molar-refractivity contribution in [1.82, 2.24) is 0 Å². The summed E-state index contributed by atoms with van der Waals surface area (Å²) in [5, 5.41) is 8.78. The number of carboxylic acid groups (broad SMARTS) is 1. The summed E-state index contributed by atoms with van der Waals surface area (Å²) >= 11 is 3.18. The molecule has 4 nitrogen and oxygen atoms in total. The van der Waals surface area contributed by atoms with Crippen molar-refractivity contribution >= 4 is 32.7 Å². The van der Waals surface area contributed by atoms with Gasteiger partial charge in [-0.1, -0.05) is 22.0 Å². The fourth-order valence-electron chi connectivity index (χ4n) is 1.41. The summed E-state index contributed by atoms with van der Waals surface area (Å²) in [4.78, 5) is 10.6. The molecule has 1 aromatic heterocycles. The SMILES string of the molecule is O=C(O)c1ccc(S(=O)Cc2ccc(F)cc2Br)o1. The van der Waals surface area contributed by atoms with E-state index in [1.165, 1.54) is 30.3 Å². The highest BCUT2D eigenvalue weighted by Gasteiger charge is 2.15. The van der Waals surface area contributed by atoms with Crippen LogP contribution in [0, 0.1) is 5.82 Å². The molecule has 0 fully saturated rings. The maximum absolute atomic E-state index is 12.9. The quantitative estimate of drug-likeness (QED) is 0.922. The van der Waals surface area contributed by atoms with E-state index in [4.69, 9.17) is 9.52 Å². The van der Waals surface area contributed by atoms with Gasteiger partial charge in [0.15, 0.2) is 5.09 Å². The van der Waals surface area contributed by atoms with Crippen LogP contribution in [-0.2, 0) is 16.6 Å². The van der Waals surface area contributed by atoms with E-state index in [2.05, 4.69) is 15.9 Å². The number of rotatable bonds is 4. The summed E-state index contributed by atoms with van der Waals surface area (Å²) in [7, 11) is -1.53. The number of benzene rings is 1. The second-order valence-corrected chi connectivity index (χ2v) is 5.89. The van der Waals surface area contributed by atoms with Crippen LogP contribution in [0.5, 0.6) is 0 Å². The second-order valence-electron chi connectivity index (χ2n) is 3.65. The molecule has 0 amide bonds. The number of aromatic carboxylic acids is 1. The Balaban J connectivity index is 2.18. The standard InChI is InChI=1S/C12H8BrFO4S/c13-9-5-8(14)2-1-7(9)6-19(17)11-4-3-10(18-11)12(15)16/h1-5H,6H2,(H,15,16). The molecule has 2 aromatic rings. The van der Waals surface area contributed by atoms with Crippen molar-refractivity contribution in [1.29, 1.82) is 0 Å². The first-order chi connectivity index (χ1) is 8.97. The van der Waals surface area contributed by atoms with Gasteiger partial charge in [-0.25, -0.2) is 9.18 Å². The zero-order valence-electron chi connectivity index (χ0n) is 9.43. The first kappa shape index (κ1) is 14.0. The normalized spacial score (nSPS) is 12.3. The van der Waals surface area contributed by atoms with Crippen LogP contribution in [0.2, 0.25) is 0 Å². The molecule has 7 heteroatoms. The molecule has 100 valence electrons. The van der Waals surface area contributed by atoms with Crippen LogP contribution in [0.4, 0.5) is 4.39 Å². The third-order valence-electron chi connectivity index (χ3n) is 2.32. The fraction of sp³-hybridized carbons (Fsp3) is 0.0833. The van der Waals surface area contributed by atoms with Crippen LogP contribution in [0.3, 0.4) is 0 Å². The predicted octanol–water partition coefficient (Wildman–Crippen LogP) is 3.19. The van der Waals surface area contributed by atoms with Crippen molar-refractivity contribution < 1.29 is 22.9 Å². The average molecular weight is 347 g/mol. The molecule has 2 rings (SSSR count). The van der Waals surface area contributed by atoms with Crippen molar-refractivity contribution in [2.45, 2.75) is 10.8 Å². The summed E-state index contributed by atoms with van der Waals surface area (Å²) < 4.78 is 30.4. The Morgan fingerprint density at radius 1 is 1.37 bits per heavy atom. The lowest BCUT2D eigenvalue weighted by atomic mass is 10.2. The molecule has 1 N–H and O–H groups in total. The number of furan rings is 1. The number of carboxylic acids is 1. The zero-order chi connectivity index (χ0) is 14.0. The van der Waals surface area contributed by atoms with E-state index >= 15 is 0 Å². The van der Waals surface area contributed by atoms with Crippen molar-refractivity contribution in [3.05, 3.63) is 51.9 Å². The van der Waals surface area contributed by atoms with Gasteiger partial charge in [0.1, 0.15) is 5.82 Å². The lowest BCUT2D eigenvalue weighted by Crippen LogP contribution is -1.97. The maximum atomic E-state index is 12.9. The largest absolute Gasteiger partial charge is 0.475 e. The molecule has 0 saturated heterocycles. The second kappa shape index (κ2) is 5.66. The van der Waals surface area contributed by atoms with Crippen LogP contribution in [-0.4, -0.2) is 15.3 Å². The topological polar surface area (TPSA) is 67.5 Å². The van der Waals surface area contributed by atoms with E-state index in [-0.39, 0.29) is 16.6 Å². The zero-order valence-corrected chi connectivity index (χ0v) is 11.8. The molecule has 0 radical (unpaired) electrons. The van der Waals surface area contributed by atoms with E-state index in [1.54, 1.807) is 0 Å². The van der Waals surface area contributed by atoms with Crippen molar-refractivity contribution in [2.75, 3.05) is 0 Å². The molecular weight excluding hydrogens is 339 g/mol. The van der Waals surface area contributed by atoms with E-state index in [0.717, 1.165) is 0 Å². The van der Waals surface area contributed by atoms with Gasteiger partial charge in [0, 0.05) is 4.47 Å². The van der Waals surface area contributed by atoms with Gasteiger partial charge >= 0.3 is 5.97 Å². The Kier molecular flexibility index (Phi) is 4.16. The Hall–Kier alpha value is -1.47. The first-order valence-corrected chi connectivity index (χ1v) is 7.24. The predicted molar refractivity (Wildman–Crippen MR) is 69.9 cm³/mol. The molecule has 0 saturated carbocycles. The van der Waals surface area contributed by atoms with Crippen LogP contribution in [0.15, 0.2) is 44.3 Å². The van der Waals surface area contributed by atoms with Gasteiger partial charge in [0.25, 0.3) is 0 Å². The molecule has 0 bridgehead atoms. The Morgan fingerprint density at radius 3 is 2.68 bits per heavy atom. The van der Waals surface area contributed by atoms with Gasteiger partial charge in [-0.05, 0) is 29.8 Å². The number of hydrogen-bond acceptors (Lipinski definition) is 3. The average Bonchev–Trinajstić information content (AvgIpc) is 2.82. The molecule has 1 unspecified atom stereocenters. The van der Waals surface area contributed by atoms with Crippen LogP contribution >= 0.6 is 15.9 Å². The molecule has 0 aliphatic carbocycles. The van der Waals surface area contributed by atoms with Crippen molar-refractivity contribution in [3.63, 3.8) is 0 Å². The summed E-state index contributed by atoms with van der Waals surface area (Å²) in [5.41, 5.74) is 0.646. The molecule has 1 heterocycles. The maximum Gasteiger partial charge on any atom is 0.371 e. The van der Waals surface area contributed by atoms with E-state index < -0.39 is 22.6 Å². The van der Waals surface area contributed by atoms with E-state index in [1.807, 2.05) is 0 Å².